The number of hydrogen-bond donors (Lipinski definition) is 1. The molecule has 100 valence electrons. The second kappa shape index (κ2) is 5.13. The van der Waals surface area contributed by atoms with Crippen LogP contribution in [-0.4, -0.2) is 27.4 Å². The van der Waals surface area contributed by atoms with E-state index in [1.807, 2.05) is 13.0 Å². The lowest BCUT2D eigenvalue weighted by molar-refractivity contribution is 0.368. The van der Waals surface area contributed by atoms with Gasteiger partial charge in [-0.3, -0.25) is 4.57 Å². The monoisotopic (exact) mass is 256 g/mol. The summed E-state index contributed by atoms with van der Waals surface area (Å²) in [6, 6.07) is 10.9. The van der Waals surface area contributed by atoms with E-state index in [2.05, 4.69) is 51.3 Å². The molecule has 2 heterocycles. The van der Waals surface area contributed by atoms with Crippen LogP contribution < -0.4 is 5.32 Å². The molecule has 1 aromatic heterocycles. The van der Waals surface area contributed by atoms with Gasteiger partial charge in [-0.25, -0.2) is 0 Å². The maximum Gasteiger partial charge on any atom is 0.140 e. The standard InChI is InChI=1S/C15H20N4/c1-11-10-13(8-9-16-11)15-18-17-12(2)19(15)14-6-4-3-5-7-14/h3-7,11,13,16H,8-10H2,1-2H3. The van der Waals surface area contributed by atoms with Gasteiger partial charge in [-0.15, -0.1) is 10.2 Å². The van der Waals surface area contributed by atoms with E-state index in [1.54, 1.807) is 0 Å². The zero-order chi connectivity index (χ0) is 13.2. The number of nitrogens with one attached hydrogen (secondary N) is 1. The Bertz CT molecular complexity index is 547. The molecule has 4 heteroatoms. The van der Waals surface area contributed by atoms with E-state index in [0.29, 0.717) is 12.0 Å². The average Bonchev–Trinajstić information content (AvgIpc) is 2.82. The van der Waals surface area contributed by atoms with Crippen LogP contribution in [0, 0.1) is 6.92 Å². The highest BCUT2D eigenvalue weighted by Crippen LogP contribution is 2.28. The maximum atomic E-state index is 4.44. The van der Waals surface area contributed by atoms with Gasteiger partial charge in [-0.1, -0.05) is 18.2 Å². The lowest BCUT2D eigenvalue weighted by atomic mass is 9.92. The first-order valence-electron chi connectivity index (χ1n) is 6.96. The van der Waals surface area contributed by atoms with Gasteiger partial charge in [0.15, 0.2) is 0 Å². The maximum absolute atomic E-state index is 4.44. The SMILES string of the molecule is Cc1nnc(C2CCNC(C)C2)n1-c1ccccc1. The molecule has 1 fully saturated rings. The van der Waals surface area contributed by atoms with Crippen molar-refractivity contribution in [3.05, 3.63) is 42.0 Å². The van der Waals surface area contributed by atoms with E-state index in [9.17, 15) is 0 Å². The van der Waals surface area contributed by atoms with Gasteiger partial charge in [0, 0.05) is 17.6 Å². The molecule has 1 N–H and O–H groups in total. The number of aromatic nitrogens is 3. The summed E-state index contributed by atoms with van der Waals surface area (Å²) in [6.07, 6.45) is 2.26. The van der Waals surface area contributed by atoms with Crippen molar-refractivity contribution in [2.24, 2.45) is 0 Å². The summed E-state index contributed by atoms with van der Waals surface area (Å²) >= 11 is 0. The highest BCUT2D eigenvalue weighted by Gasteiger charge is 2.25. The third-order valence-corrected chi connectivity index (χ3v) is 3.85. The third-order valence-electron chi connectivity index (χ3n) is 3.85. The molecule has 0 amide bonds. The van der Waals surface area contributed by atoms with Gasteiger partial charge in [0.2, 0.25) is 0 Å². The van der Waals surface area contributed by atoms with Crippen molar-refractivity contribution in [1.29, 1.82) is 0 Å². The molecule has 2 atom stereocenters. The number of piperidine rings is 1. The lowest BCUT2D eigenvalue weighted by Gasteiger charge is -2.27. The zero-order valence-electron chi connectivity index (χ0n) is 11.5. The molecule has 1 aliphatic rings. The van der Waals surface area contributed by atoms with Gasteiger partial charge < -0.3 is 5.32 Å². The van der Waals surface area contributed by atoms with Crippen molar-refractivity contribution < 1.29 is 0 Å². The van der Waals surface area contributed by atoms with Crippen molar-refractivity contribution in [2.45, 2.75) is 38.6 Å². The van der Waals surface area contributed by atoms with Crippen LogP contribution >= 0.6 is 0 Å². The molecule has 1 aliphatic heterocycles. The first-order valence-corrected chi connectivity index (χ1v) is 6.96. The summed E-state index contributed by atoms with van der Waals surface area (Å²) in [5.41, 5.74) is 1.16. The van der Waals surface area contributed by atoms with E-state index >= 15 is 0 Å². The number of aryl methyl sites for hydroxylation is 1. The molecule has 0 spiro atoms. The number of hydrogen-bond acceptors (Lipinski definition) is 3. The summed E-state index contributed by atoms with van der Waals surface area (Å²) < 4.78 is 2.20. The minimum Gasteiger partial charge on any atom is -0.314 e. The Morgan fingerprint density at radius 1 is 1.21 bits per heavy atom. The normalized spacial score (nSPS) is 23.5. The first kappa shape index (κ1) is 12.4. The van der Waals surface area contributed by atoms with Gasteiger partial charge in [0.1, 0.15) is 11.6 Å². The molecule has 0 bridgehead atoms. The Balaban J connectivity index is 1.99. The number of nitrogens with zero attached hydrogens (tertiary/aromatic N) is 3. The fourth-order valence-corrected chi connectivity index (χ4v) is 2.91. The molecular weight excluding hydrogens is 236 g/mol. The average molecular weight is 256 g/mol. The molecule has 0 radical (unpaired) electrons. The molecule has 1 saturated heterocycles. The van der Waals surface area contributed by atoms with E-state index in [-0.39, 0.29) is 0 Å². The molecular formula is C15H20N4. The predicted molar refractivity (Wildman–Crippen MR) is 75.5 cm³/mol. The minimum absolute atomic E-state index is 0.498. The molecule has 4 nitrogen and oxygen atoms in total. The lowest BCUT2D eigenvalue weighted by Crippen LogP contribution is -2.35. The summed E-state index contributed by atoms with van der Waals surface area (Å²) in [5.74, 6) is 2.57. The molecule has 1 aromatic carbocycles. The zero-order valence-corrected chi connectivity index (χ0v) is 11.5. The third kappa shape index (κ3) is 2.40. The van der Waals surface area contributed by atoms with E-state index in [0.717, 1.165) is 36.7 Å². The molecule has 3 rings (SSSR count). The Hall–Kier alpha value is -1.68. The second-order valence-electron chi connectivity index (χ2n) is 5.35. The number of benzene rings is 1. The smallest absolute Gasteiger partial charge is 0.140 e. The van der Waals surface area contributed by atoms with Crippen LogP contribution in [0.15, 0.2) is 30.3 Å². The van der Waals surface area contributed by atoms with Gasteiger partial charge in [-0.05, 0) is 45.4 Å². The van der Waals surface area contributed by atoms with Crippen LogP contribution in [0.2, 0.25) is 0 Å². The highest BCUT2D eigenvalue weighted by atomic mass is 15.3. The van der Waals surface area contributed by atoms with Gasteiger partial charge >= 0.3 is 0 Å². The molecule has 0 aliphatic carbocycles. The molecule has 19 heavy (non-hydrogen) atoms. The summed E-state index contributed by atoms with van der Waals surface area (Å²) in [6.45, 7) is 5.32. The fourth-order valence-electron chi connectivity index (χ4n) is 2.91. The van der Waals surface area contributed by atoms with Crippen LogP contribution in [-0.2, 0) is 0 Å². The Morgan fingerprint density at radius 3 is 2.74 bits per heavy atom. The topological polar surface area (TPSA) is 42.7 Å². The van der Waals surface area contributed by atoms with E-state index < -0.39 is 0 Å². The van der Waals surface area contributed by atoms with Crippen LogP contribution in [0.5, 0.6) is 0 Å². The van der Waals surface area contributed by atoms with Crippen LogP contribution in [0.1, 0.15) is 37.3 Å². The summed E-state index contributed by atoms with van der Waals surface area (Å²) in [5, 5.41) is 12.2. The quantitative estimate of drug-likeness (QED) is 0.897. The first-order chi connectivity index (χ1) is 9.25. The Labute approximate surface area is 113 Å². The van der Waals surface area contributed by atoms with E-state index in [1.165, 1.54) is 0 Å². The highest BCUT2D eigenvalue weighted by molar-refractivity contribution is 5.34. The second-order valence-corrected chi connectivity index (χ2v) is 5.35. The van der Waals surface area contributed by atoms with Crippen molar-refractivity contribution in [3.8, 4) is 5.69 Å². The van der Waals surface area contributed by atoms with Gasteiger partial charge in [0.25, 0.3) is 0 Å². The minimum atomic E-state index is 0.498. The predicted octanol–water partition coefficient (Wildman–Crippen LogP) is 2.43. The Morgan fingerprint density at radius 2 is 2.00 bits per heavy atom. The molecule has 2 aromatic rings. The van der Waals surface area contributed by atoms with Gasteiger partial charge in [-0.2, -0.15) is 0 Å². The van der Waals surface area contributed by atoms with Crippen molar-refractivity contribution >= 4 is 0 Å². The van der Waals surface area contributed by atoms with Crippen molar-refractivity contribution in [3.63, 3.8) is 0 Å². The molecule has 0 saturated carbocycles. The van der Waals surface area contributed by atoms with Crippen LogP contribution in [0.25, 0.3) is 5.69 Å². The summed E-state index contributed by atoms with van der Waals surface area (Å²) in [4.78, 5) is 0. The van der Waals surface area contributed by atoms with Crippen LogP contribution in [0.4, 0.5) is 0 Å². The van der Waals surface area contributed by atoms with Crippen LogP contribution in [0.3, 0.4) is 0 Å². The van der Waals surface area contributed by atoms with Gasteiger partial charge in [0.05, 0.1) is 0 Å². The Kier molecular flexibility index (Phi) is 3.34. The van der Waals surface area contributed by atoms with Crippen molar-refractivity contribution in [1.82, 2.24) is 20.1 Å². The summed E-state index contributed by atoms with van der Waals surface area (Å²) in [7, 11) is 0. The van der Waals surface area contributed by atoms with Crippen molar-refractivity contribution in [2.75, 3.05) is 6.54 Å². The number of rotatable bonds is 2. The number of para-hydroxylation sites is 1. The molecule has 2 unspecified atom stereocenters. The van der Waals surface area contributed by atoms with E-state index in [4.69, 9.17) is 0 Å². The largest absolute Gasteiger partial charge is 0.314 e. The fraction of sp³-hybridized carbons (Fsp3) is 0.467.